The van der Waals surface area contributed by atoms with Crippen molar-refractivity contribution in [2.24, 2.45) is 0 Å². The highest BCUT2D eigenvalue weighted by atomic mass is 32.2. The molecule has 1 aliphatic rings. The predicted octanol–water partition coefficient (Wildman–Crippen LogP) is 2.17. The first-order valence-electron chi connectivity index (χ1n) is 3.67. The van der Waals surface area contributed by atoms with E-state index in [0.29, 0.717) is 0 Å². The monoisotopic (exact) mass is 153 g/mol. The number of thioether (sulfide) groups is 1. The lowest BCUT2D eigenvalue weighted by Crippen LogP contribution is -2.03. The van der Waals surface area contributed by atoms with Crippen LogP contribution in [0.5, 0.6) is 0 Å². The van der Waals surface area contributed by atoms with Gasteiger partial charge >= 0.3 is 0 Å². The van der Waals surface area contributed by atoms with Crippen LogP contribution in [0.4, 0.5) is 0 Å². The molecule has 1 atom stereocenters. The lowest BCUT2D eigenvalue weighted by molar-refractivity contribution is 0.563. The van der Waals surface area contributed by atoms with Crippen molar-refractivity contribution in [2.45, 2.75) is 12.5 Å². The van der Waals surface area contributed by atoms with Gasteiger partial charge in [-0.2, -0.15) is 11.8 Å². The van der Waals surface area contributed by atoms with Crippen LogP contribution in [-0.2, 0) is 0 Å². The van der Waals surface area contributed by atoms with Gasteiger partial charge in [0, 0.05) is 24.2 Å². The van der Waals surface area contributed by atoms with Crippen LogP contribution in [0.15, 0.2) is 24.5 Å². The maximum absolute atomic E-state index is 2.32. The third-order valence-electron chi connectivity index (χ3n) is 1.95. The fourth-order valence-electron chi connectivity index (χ4n) is 1.35. The number of hydrogen-bond acceptors (Lipinski definition) is 1. The normalized spacial score (nSPS) is 25.4. The molecular weight excluding hydrogens is 142 g/mol. The van der Waals surface area contributed by atoms with Crippen LogP contribution in [0, 0.1) is 0 Å². The highest BCUT2D eigenvalue weighted by Gasteiger charge is 2.15. The topological polar surface area (TPSA) is 4.93 Å². The third kappa shape index (κ3) is 1.08. The molecule has 0 bridgehead atoms. The molecule has 1 aromatic heterocycles. The van der Waals surface area contributed by atoms with Crippen molar-refractivity contribution in [2.75, 3.05) is 11.5 Å². The summed E-state index contributed by atoms with van der Waals surface area (Å²) in [6, 6.07) is 4.98. The molecule has 1 saturated heterocycles. The van der Waals surface area contributed by atoms with E-state index in [1.54, 1.807) is 0 Å². The summed E-state index contributed by atoms with van der Waals surface area (Å²) in [5.74, 6) is 2.64. The summed E-state index contributed by atoms with van der Waals surface area (Å²) < 4.78 is 2.32. The van der Waals surface area contributed by atoms with Gasteiger partial charge in [-0.15, -0.1) is 0 Å². The summed E-state index contributed by atoms with van der Waals surface area (Å²) in [6.45, 7) is 0. The molecule has 0 saturated carbocycles. The van der Waals surface area contributed by atoms with Crippen molar-refractivity contribution in [3.8, 4) is 0 Å². The van der Waals surface area contributed by atoms with Gasteiger partial charge in [0.15, 0.2) is 0 Å². The minimum Gasteiger partial charge on any atom is -0.350 e. The van der Waals surface area contributed by atoms with E-state index in [9.17, 15) is 0 Å². The van der Waals surface area contributed by atoms with E-state index in [1.807, 2.05) is 0 Å². The third-order valence-corrected chi connectivity index (χ3v) is 3.10. The highest BCUT2D eigenvalue weighted by molar-refractivity contribution is 7.99. The van der Waals surface area contributed by atoms with Gasteiger partial charge < -0.3 is 4.57 Å². The van der Waals surface area contributed by atoms with Gasteiger partial charge in [0.25, 0.3) is 0 Å². The van der Waals surface area contributed by atoms with E-state index < -0.39 is 0 Å². The molecule has 0 amide bonds. The molecule has 2 heterocycles. The second-order valence-electron chi connectivity index (χ2n) is 2.65. The molecule has 54 valence electrons. The van der Waals surface area contributed by atoms with Crippen molar-refractivity contribution in [1.29, 1.82) is 0 Å². The number of rotatable bonds is 1. The zero-order chi connectivity index (χ0) is 6.81. The van der Waals surface area contributed by atoms with Crippen LogP contribution in [0.2, 0.25) is 0 Å². The molecule has 0 N–H and O–H groups in total. The Kier molecular flexibility index (Phi) is 1.72. The summed E-state index contributed by atoms with van der Waals surface area (Å²) in [4.78, 5) is 0. The molecule has 1 unspecified atom stereocenters. The number of aromatic nitrogens is 1. The molecule has 1 aromatic rings. The van der Waals surface area contributed by atoms with E-state index in [1.165, 1.54) is 17.9 Å². The Morgan fingerprint density at radius 1 is 1.30 bits per heavy atom. The molecule has 2 rings (SSSR count). The van der Waals surface area contributed by atoms with Crippen molar-refractivity contribution >= 4 is 11.8 Å². The molecular formula is C8H11NS. The summed E-state index contributed by atoms with van der Waals surface area (Å²) in [5, 5.41) is 0. The summed E-state index contributed by atoms with van der Waals surface area (Å²) >= 11 is 2.06. The van der Waals surface area contributed by atoms with Crippen LogP contribution in [0.25, 0.3) is 0 Å². The summed E-state index contributed by atoms with van der Waals surface area (Å²) in [7, 11) is 0. The minimum atomic E-state index is 0.778. The van der Waals surface area contributed by atoms with Crippen LogP contribution < -0.4 is 0 Å². The molecule has 0 aliphatic carbocycles. The van der Waals surface area contributed by atoms with Crippen molar-refractivity contribution < 1.29 is 0 Å². The van der Waals surface area contributed by atoms with Gasteiger partial charge in [-0.1, -0.05) is 0 Å². The lowest BCUT2D eigenvalue weighted by Gasteiger charge is -2.08. The molecule has 10 heavy (non-hydrogen) atoms. The molecule has 0 radical (unpaired) electrons. The molecule has 1 fully saturated rings. The van der Waals surface area contributed by atoms with Gasteiger partial charge in [0.05, 0.1) is 0 Å². The molecule has 1 aliphatic heterocycles. The van der Waals surface area contributed by atoms with E-state index >= 15 is 0 Å². The fourth-order valence-corrected chi connectivity index (χ4v) is 2.56. The Balaban J connectivity index is 2.12. The Labute approximate surface area is 65.4 Å². The zero-order valence-corrected chi connectivity index (χ0v) is 6.68. The Morgan fingerprint density at radius 3 is 2.70 bits per heavy atom. The first kappa shape index (κ1) is 6.35. The van der Waals surface area contributed by atoms with Crippen molar-refractivity contribution in [1.82, 2.24) is 4.57 Å². The van der Waals surface area contributed by atoms with Crippen LogP contribution in [0.1, 0.15) is 12.5 Å². The largest absolute Gasteiger partial charge is 0.350 e. The summed E-state index contributed by atoms with van der Waals surface area (Å²) in [5.41, 5.74) is 0. The average molecular weight is 153 g/mol. The van der Waals surface area contributed by atoms with E-state index in [2.05, 4.69) is 40.9 Å². The lowest BCUT2D eigenvalue weighted by atomic mass is 10.3. The van der Waals surface area contributed by atoms with Crippen LogP contribution in [-0.4, -0.2) is 16.1 Å². The Bertz CT molecular complexity index is 187. The van der Waals surface area contributed by atoms with E-state index in [4.69, 9.17) is 0 Å². The zero-order valence-electron chi connectivity index (χ0n) is 5.86. The number of nitrogens with zero attached hydrogens (tertiary/aromatic N) is 1. The average Bonchev–Trinajstić information content (AvgIpc) is 2.59. The fraction of sp³-hybridized carbons (Fsp3) is 0.500. The first-order chi connectivity index (χ1) is 4.97. The quantitative estimate of drug-likeness (QED) is 0.598. The van der Waals surface area contributed by atoms with Gasteiger partial charge in [0.2, 0.25) is 0 Å². The molecule has 0 spiro atoms. The van der Waals surface area contributed by atoms with Crippen molar-refractivity contribution in [3.63, 3.8) is 0 Å². The first-order valence-corrected chi connectivity index (χ1v) is 4.82. The molecule has 0 aromatic carbocycles. The predicted molar refractivity (Wildman–Crippen MR) is 45.4 cm³/mol. The highest BCUT2D eigenvalue weighted by Crippen LogP contribution is 2.27. The Morgan fingerprint density at radius 2 is 2.10 bits per heavy atom. The number of hydrogen-bond donors (Lipinski definition) is 0. The molecule has 2 heteroatoms. The van der Waals surface area contributed by atoms with Gasteiger partial charge in [-0.25, -0.2) is 0 Å². The van der Waals surface area contributed by atoms with Crippen LogP contribution >= 0.6 is 11.8 Å². The summed E-state index contributed by atoms with van der Waals surface area (Å²) in [6.07, 6.45) is 5.67. The van der Waals surface area contributed by atoms with Gasteiger partial charge in [-0.05, 0) is 24.3 Å². The maximum Gasteiger partial charge on any atom is 0.0429 e. The smallest absolute Gasteiger partial charge is 0.0429 e. The second-order valence-corrected chi connectivity index (χ2v) is 3.80. The van der Waals surface area contributed by atoms with E-state index in [0.717, 1.165) is 6.04 Å². The molecule has 1 nitrogen and oxygen atoms in total. The standard InChI is InChI=1S/C8H11NS/c1-2-5-9(4-1)8-3-6-10-7-8/h1-2,4-5,8H,3,6-7H2. The van der Waals surface area contributed by atoms with Gasteiger partial charge in [-0.3, -0.25) is 0 Å². The van der Waals surface area contributed by atoms with Crippen molar-refractivity contribution in [3.05, 3.63) is 24.5 Å². The van der Waals surface area contributed by atoms with Crippen LogP contribution in [0.3, 0.4) is 0 Å². The minimum absolute atomic E-state index is 0.778. The van der Waals surface area contributed by atoms with Gasteiger partial charge in [0.1, 0.15) is 0 Å². The SMILES string of the molecule is c1ccn(C2CCSC2)c1. The maximum atomic E-state index is 2.32. The Hall–Kier alpha value is -0.370. The second kappa shape index (κ2) is 2.70. The van der Waals surface area contributed by atoms with E-state index in [-0.39, 0.29) is 0 Å².